The van der Waals surface area contributed by atoms with Gasteiger partial charge in [-0.3, -0.25) is 0 Å². The fourth-order valence-corrected chi connectivity index (χ4v) is 9.73. The molecule has 0 N–H and O–H groups in total. The second-order valence-electron chi connectivity index (χ2n) is 16.7. The fourth-order valence-electron chi connectivity index (χ4n) is 9.73. The van der Waals surface area contributed by atoms with Crippen LogP contribution in [-0.2, 0) is 0 Å². The van der Waals surface area contributed by atoms with Gasteiger partial charge in [0.2, 0.25) is 0 Å². The number of fused-ring (bicyclic) bond motifs is 7. The Morgan fingerprint density at radius 1 is 0.262 bits per heavy atom. The fraction of sp³-hybridized carbons (Fsp3) is 0. The molecule has 0 fully saturated rings. The van der Waals surface area contributed by atoms with Crippen molar-refractivity contribution in [1.29, 1.82) is 0 Å². The molecule has 11 aromatic carbocycles. The van der Waals surface area contributed by atoms with Crippen LogP contribution >= 0.6 is 0 Å². The van der Waals surface area contributed by atoms with Gasteiger partial charge < -0.3 is 4.42 Å². The van der Waals surface area contributed by atoms with Gasteiger partial charge >= 0.3 is 0 Å². The molecule has 0 spiro atoms. The summed E-state index contributed by atoms with van der Waals surface area (Å²) in [6.07, 6.45) is 0. The van der Waals surface area contributed by atoms with E-state index < -0.39 is 0 Å². The highest BCUT2D eigenvalue weighted by Crippen LogP contribution is 2.43. The van der Waals surface area contributed by atoms with Crippen molar-refractivity contribution >= 4 is 65.0 Å². The summed E-state index contributed by atoms with van der Waals surface area (Å²) in [4.78, 5) is 16.4. The van der Waals surface area contributed by atoms with Crippen LogP contribution in [0.1, 0.15) is 0 Å². The number of para-hydroxylation sites is 2. The van der Waals surface area contributed by atoms with Crippen LogP contribution in [0.15, 0.2) is 229 Å². The smallest absolute Gasteiger partial charge is 0.167 e. The minimum absolute atomic E-state index is 0.545. The van der Waals surface area contributed by atoms with Crippen molar-refractivity contribution in [2.24, 2.45) is 0 Å². The average Bonchev–Trinajstić information content (AvgIpc) is 3.77. The van der Waals surface area contributed by atoms with E-state index in [0.717, 1.165) is 82.4 Å². The highest BCUT2D eigenvalue weighted by Gasteiger charge is 2.22. The predicted octanol–water partition coefficient (Wildman–Crippen LogP) is 16.4. The Hall–Kier alpha value is -8.73. The zero-order valence-electron chi connectivity index (χ0n) is 35.1. The first-order valence-electron chi connectivity index (χ1n) is 22.0. The van der Waals surface area contributed by atoms with E-state index >= 15 is 0 Å². The summed E-state index contributed by atoms with van der Waals surface area (Å²) in [5.74, 6) is 1.72. The lowest BCUT2D eigenvalue weighted by atomic mass is 9.90. The normalized spacial score (nSPS) is 11.7. The Labute approximate surface area is 374 Å². The largest absolute Gasteiger partial charge is 0.455 e. The number of hydrogen-bond acceptors (Lipinski definition) is 4. The molecule has 0 aliphatic rings. The van der Waals surface area contributed by atoms with Gasteiger partial charge in [-0.25, -0.2) is 15.0 Å². The van der Waals surface area contributed by atoms with Crippen molar-refractivity contribution in [3.8, 4) is 67.5 Å². The molecule has 0 aliphatic heterocycles. The van der Waals surface area contributed by atoms with Crippen LogP contribution in [0, 0.1) is 0 Å². The van der Waals surface area contributed by atoms with Gasteiger partial charge in [-0.1, -0.05) is 194 Å². The average molecular weight is 828 g/mol. The maximum absolute atomic E-state index is 6.64. The highest BCUT2D eigenvalue weighted by molar-refractivity contribution is 6.11. The van der Waals surface area contributed by atoms with Crippen molar-refractivity contribution in [3.63, 3.8) is 0 Å². The van der Waals surface area contributed by atoms with Gasteiger partial charge in [-0.05, 0) is 107 Å². The minimum atomic E-state index is 0.545. The first-order valence-corrected chi connectivity index (χ1v) is 22.0. The second kappa shape index (κ2) is 15.0. The van der Waals surface area contributed by atoms with E-state index in [9.17, 15) is 0 Å². The molecule has 0 unspecified atom stereocenters. The van der Waals surface area contributed by atoms with Gasteiger partial charge in [0.1, 0.15) is 11.2 Å². The Morgan fingerprint density at radius 3 is 1.58 bits per heavy atom. The van der Waals surface area contributed by atoms with Crippen molar-refractivity contribution in [2.45, 2.75) is 0 Å². The summed E-state index contributed by atoms with van der Waals surface area (Å²) in [5.41, 5.74) is 11.1. The lowest BCUT2D eigenvalue weighted by Gasteiger charge is -2.16. The van der Waals surface area contributed by atoms with Gasteiger partial charge in [0, 0.05) is 21.9 Å². The summed E-state index contributed by atoms with van der Waals surface area (Å²) in [5, 5.41) is 11.1. The molecule has 13 aromatic rings. The standard InChI is InChI=1S/C61H37N3O/c1-2-13-38(14-3-1)43-30-27-39-28-31-44(36-46(39)35-43)45-32-29-42-18-11-24-53(55(42)37-45)59-62-60(54-25-12-23-52-50-21-8-9-26-56(50)65-58(52)54)64-61(63-59)57-48-20-7-5-16-41(48)33-34-51(57)49-22-10-17-40-15-4-6-19-47(40)49/h1-37H. The second-order valence-corrected chi connectivity index (χ2v) is 16.7. The summed E-state index contributed by atoms with van der Waals surface area (Å²) in [7, 11) is 0. The van der Waals surface area contributed by atoms with Crippen molar-refractivity contribution in [2.75, 3.05) is 0 Å². The van der Waals surface area contributed by atoms with E-state index in [1.54, 1.807) is 0 Å². The summed E-state index contributed by atoms with van der Waals surface area (Å²) < 4.78 is 6.64. The monoisotopic (exact) mass is 827 g/mol. The van der Waals surface area contributed by atoms with E-state index in [0.29, 0.717) is 17.5 Å². The van der Waals surface area contributed by atoms with Crippen LogP contribution in [0.2, 0.25) is 0 Å². The highest BCUT2D eigenvalue weighted by atomic mass is 16.3. The molecule has 2 aromatic heterocycles. The third-order valence-electron chi connectivity index (χ3n) is 12.9. The van der Waals surface area contributed by atoms with Gasteiger partial charge in [-0.15, -0.1) is 0 Å². The number of rotatable bonds is 6. The summed E-state index contributed by atoms with van der Waals surface area (Å²) in [6, 6.07) is 79.5. The van der Waals surface area contributed by atoms with Gasteiger partial charge in [0.25, 0.3) is 0 Å². The molecule has 0 aliphatic carbocycles. The third-order valence-corrected chi connectivity index (χ3v) is 12.9. The van der Waals surface area contributed by atoms with Crippen LogP contribution in [0.25, 0.3) is 133 Å². The van der Waals surface area contributed by atoms with Gasteiger partial charge in [-0.2, -0.15) is 0 Å². The number of nitrogens with zero attached hydrogens (tertiary/aromatic N) is 3. The molecule has 4 heteroatoms. The molecular weight excluding hydrogens is 791 g/mol. The zero-order valence-corrected chi connectivity index (χ0v) is 35.1. The third kappa shape index (κ3) is 6.26. The Bertz CT molecular complexity index is 4010. The van der Waals surface area contributed by atoms with Crippen molar-refractivity contribution in [3.05, 3.63) is 224 Å². The summed E-state index contributed by atoms with van der Waals surface area (Å²) >= 11 is 0. The van der Waals surface area contributed by atoms with Crippen LogP contribution in [0.3, 0.4) is 0 Å². The minimum Gasteiger partial charge on any atom is -0.455 e. The first-order chi connectivity index (χ1) is 32.2. The van der Waals surface area contributed by atoms with Crippen LogP contribution in [0.4, 0.5) is 0 Å². The van der Waals surface area contributed by atoms with E-state index in [4.69, 9.17) is 19.4 Å². The molecule has 302 valence electrons. The Kier molecular flexibility index (Phi) is 8.50. The molecule has 2 heterocycles. The maximum atomic E-state index is 6.64. The molecule has 65 heavy (non-hydrogen) atoms. The lowest BCUT2D eigenvalue weighted by molar-refractivity contribution is 0.669. The number of aromatic nitrogens is 3. The van der Waals surface area contributed by atoms with E-state index in [-0.39, 0.29) is 0 Å². The molecule has 4 nitrogen and oxygen atoms in total. The van der Waals surface area contributed by atoms with Crippen LogP contribution in [-0.4, -0.2) is 15.0 Å². The molecule has 0 radical (unpaired) electrons. The SMILES string of the molecule is c1ccc(-c2ccc3ccc(-c4ccc5cccc(-c6nc(-c7c(-c8cccc9ccccc89)ccc8ccccc78)nc(-c7cccc8c7oc7ccccc78)n6)c5c4)cc3c2)cc1. The molecule has 13 rings (SSSR count). The maximum Gasteiger partial charge on any atom is 0.167 e. The molecule has 0 amide bonds. The van der Waals surface area contributed by atoms with Crippen molar-refractivity contribution < 1.29 is 4.42 Å². The molecule has 0 saturated heterocycles. The van der Waals surface area contributed by atoms with E-state index in [1.165, 1.54) is 32.7 Å². The zero-order chi connectivity index (χ0) is 42.8. The molecule has 0 bridgehead atoms. The molecular formula is C61H37N3O. The quantitative estimate of drug-likeness (QED) is 0.168. The van der Waals surface area contributed by atoms with E-state index in [1.807, 2.05) is 18.2 Å². The predicted molar refractivity (Wildman–Crippen MR) is 270 cm³/mol. The number of hydrogen-bond donors (Lipinski definition) is 0. The van der Waals surface area contributed by atoms with Crippen LogP contribution in [0.5, 0.6) is 0 Å². The lowest BCUT2D eigenvalue weighted by Crippen LogP contribution is -2.02. The van der Waals surface area contributed by atoms with Crippen molar-refractivity contribution in [1.82, 2.24) is 15.0 Å². The molecule has 0 saturated carbocycles. The van der Waals surface area contributed by atoms with E-state index in [2.05, 4.69) is 206 Å². The number of benzene rings is 11. The van der Waals surface area contributed by atoms with Gasteiger partial charge in [0.15, 0.2) is 17.5 Å². The number of furan rings is 1. The Balaban J connectivity index is 1.06. The first kappa shape index (κ1) is 36.9. The summed E-state index contributed by atoms with van der Waals surface area (Å²) in [6.45, 7) is 0. The topological polar surface area (TPSA) is 51.8 Å². The molecule has 0 atom stereocenters. The van der Waals surface area contributed by atoms with Gasteiger partial charge in [0.05, 0.1) is 5.56 Å². The Morgan fingerprint density at radius 2 is 0.785 bits per heavy atom. The van der Waals surface area contributed by atoms with Crippen LogP contribution < -0.4 is 0 Å².